The lowest BCUT2D eigenvalue weighted by atomic mass is 10.0. The highest BCUT2D eigenvalue weighted by Crippen LogP contribution is 2.21. The van der Waals surface area contributed by atoms with Crippen LogP contribution in [0.5, 0.6) is 0 Å². The molecule has 0 N–H and O–H groups in total. The number of quaternary nitrogens is 1. The van der Waals surface area contributed by atoms with Crippen LogP contribution in [0.25, 0.3) is 0 Å². The van der Waals surface area contributed by atoms with Crippen LogP contribution in [0.2, 0.25) is 0 Å². The molecule has 0 unspecified atom stereocenters. The predicted molar refractivity (Wildman–Crippen MR) is 72.6 cm³/mol. The number of hydrogen-bond acceptors (Lipinski definition) is 0. The summed E-state index contributed by atoms with van der Waals surface area (Å²) in [7, 11) is 0. The minimum Gasteiger partial charge on any atom is -1.00 e. The number of likely N-dealkylation sites (tertiary alicyclic amines) is 1. The summed E-state index contributed by atoms with van der Waals surface area (Å²) in [6.07, 6.45) is 13.0. The summed E-state index contributed by atoms with van der Waals surface area (Å²) in [6, 6.07) is 0. The van der Waals surface area contributed by atoms with Gasteiger partial charge in [-0.15, -0.1) is 0 Å². The Kier molecular flexibility index (Phi) is 9.81. The monoisotopic (exact) mass is 245 g/mol. The molecule has 0 saturated carbocycles. The van der Waals surface area contributed by atoms with Gasteiger partial charge in [0.2, 0.25) is 0 Å². The van der Waals surface area contributed by atoms with E-state index in [-0.39, 0.29) is 4.70 Å². The first-order valence-corrected chi connectivity index (χ1v) is 7.68. The van der Waals surface area contributed by atoms with Crippen LogP contribution in [0.4, 0.5) is 0 Å². The summed E-state index contributed by atoms with van der Waals surface area (Å²) in [6.45, 7) is 10.5. The van der Waals surface area contributed by atoms with Gasteiger partial charge in [-0.3, -0.25) is 0 Å². The van der Waals surface area contributed by atoms with Crippen molar-refractivity contribution in [1.82, 2.24) is 0 Å². The Morgan fingerprint density at radius 3 is 1.88 bits per heavy atom. The Bertz CT molecular complexity index is 164. The number of rotatable bonds is 8. The highest BCUT2D eigenvalue weighted by Gasteiger charge is 2.28. The summed E-state index contributed by atoms with van der Waals surface area (Å²) in [5.74, 6) is 0. The maximum atomic E-state index is 2.33. The lowest BCUT2D eigenvalue weighted by Gasteiger charge is -2.42. The zero-order chi connectivity index (χ0) is 11.7. The minimum absolute atomic E-state index is 0. The molecule has 0 aromatic rings. The average Bonchev–Trinajstić information content (AvgIpc) is 2.34. The molecule has 0 radical (unpaired) electrons. The molecular weight excluding hydrogens is 213 g/mol. The molecule has 1 rings (SSSR count). The highest BCUT2D eigenvalue weighted by molar-refractivity contribution is 4.55. The molecule has 1 aliphatic heterocycles. The maximum absolute atomic E-state index is 2.33. The van der Waals surface area contributed by atoms with Crippen molar-refractivity contribution in [2.75, 3.05) is 26.2 Å². The van der Waals surface area contributed by atoms with Crippen molar-refractivity contribution >= 4 is 0 Å². The Morgan fingerprint density at radius 1 is 0.706 bits per heavy atom. The molecule has 0 aromatic carbocycles. The predicted octanol–water partition coefficient (Wildman–Crippen LogP) is 1.37. The molecule has 1 fully saturated rings. The molecule has 17 heavy (non-hydrogen) atoms. The minimum atomic E-state index is 0. The molecule has 0 aliphatic carbocycles. The van der Waals surface area contributed by atoms with Gasteiger partial charge >= 0.3 is 0 Å². The van der Waals surface area contributed by atoms with Crippen LogP contribution in [-0.4, -0.2) is 30.7 Å². The zero-order valence-electron chi connectivity index (χ0n) is 12.0. The number of piperidine rings is 1. The topological polar surface area (TPSA) is 0 Å². The van der Waals surface area contributed by atoms with E-state index in [9.17, 15) is 0 Å². The van der Waals surface area contributed by atoms with Gasteiger partial charge in [0, 0.05) is 0 Å². The standard InChI is InChI=1S/C15H32N.FH/c1-3-5-7-9-13-16(12-6-4-2)14-10-8-11-15-16;/h3-15H2,1-2H3;1H/q+1;/p-1. The smallest absolute Gasteiger partial charge is 0.0786 e. The second-order valence-electron chi connectivity index (χ2n) is 5.71. The fourth-order valence-corrected chi connectivity index (χ4v) is 3.11. The molecule has 0 aromatic heterocycles. The first-order valence-electron chi connectivity index (χ1n) is 7.68. The molecule has 1 heterocycles. The van der Waals surface area contributed by atoms with Crippen LogP contribution in [0, 0.1) is 0 Å². The molecular formula is C15H32FN. The van der Waals surface area contributed by atoms with E-state index in [0.29, 0.717) is 0 Å². The summed E-state index contributed by atoms with van der Waals surface area (Å²) >= 11 is 0. The molecule has 1 nitrogen and oxygen atoms in total. The normalized spacial score (nSPS) is 18.7. The first-order chi connectivity index (χ1) is 7.83. The number of nitrogens with zero attached hydrogens (tertiary/aromatic N) is 1. The Labute approximate surface area is 108 Å². The van der Waals surface area contributed by atoms with Crippen molar-refractivity contribution in [2.45, 2.75) is 71.6 Å². The van der Waals surface area contributed by atoms with Crippen LogP contribution < -0.4 is 4.70 Å². The number of unbranched alkanes of at least 4 members (excludes halogenated alkanes) is 4. The van der Waals surface area contributed by atoms with E-state index in [4.69, 9.17) is 0 Å². The third-order valence-electron chi connectivity index (χ3n) is 4.24. The first kappa shape index (κ1) is 16.9. The lowest BCUT2D eigenvalue weighted by molar-refractivity contribution is -0.932. The summed E-state index contributed by atoms with van der Waals surface area (Å²) < 4.78 is 1.47. The fourth-order valence-electron chi connectivity index (χ4n) is 3.11. The van der Waals surface area contributed by atoms with Crippen molar-refractivity contribution in [2.24, 2.45) is 0 Å². The van der Waals surface area contributed by atoms with Crippen LogP contribution in [0.3, 0.4) is 0 Å². The third-order valence-corrected chi connectivity index (χ3v) is 4.24. The highest BCUT2D eigenvalue weighted by atomic mass is 19.0. The van der Waals surface area contributed by atoms with E-state index in [2.05, 4.69) is 13.8 Å². The van der Waals surface area contributed by atoms with Crippen LogP contribution in [0.1, 0.15) is 71.6 Å². The largest absolute Gasteiger partial charge is 1.00 e. The van der Waals surface area contributed by atoms with Gasteiger partial charge in [0.25, 0.3) is 0 Å². The maximum Gasteiger partial charge on any atom is 0.0786 e. The fraction of sp³-hybridized carbons (Fsp3) is 1.00. The Balaban J connectivity index is 0.00000256. The van der Waals surface area contributed by atoms with Crippen molar-refractivity contribution in [3.63, 3.8) is 0 Å². The Morgan fingerprint density at radius 2 is 1.29 bits per heavy atom. The van der Waals surface area contributed by atoms with Gasteiger partial charge in [0.1, 0.15) is 0 Å². The van der Waals surface area contributed by atoms with Crippen LogP contribution in [-0.2, 0) is 0 Å². The number of halogens is 1. The van der Waals surface area contributed by atoms with Gasteiger partial charge in [-0.05, 0) is 38.5 Å². The molecule has 104 valence electrons. The third kappa shape index (κ3) is 6.40. The molecule has 0 bridgehead atoms. The van der Waals surface area contributed by atoms with Gasteiger partial charge < -0.3 is 9.19 Å². The van der Waals surface area contributed by atoms with E-state index in [1.54, 1.807) is 0 Å². The summed E-state index contributed by atoms with van der Waals surface area (Å²) in [5.41, 5.74) is 0. The number of hydrogen-bond donors (Lipinski definition) is 0. The van der Waals surface area contributed by atoms with E-state index < -0.39 is 0 Å². The quantitative estimate of drug-likeness (QED) is 0.448. The van der Waals surface area contributed by atoms with Crippen molar-refractivity contribution < 1.29 is 9.19 Å². The lowest BCUT2D eigenvalue weighted by Crippen LogP contribution is -3.00. The zero-order valence-corrected chi connectivity index (χ0v) is 12.0. The summed E-state index contributed by atoms with van der Waals surface area (Å²) in [4.78, 5) is 0. The van der Waals surface area contributed by atoms with E-state index in [1.807, 2.05) is 0 Å². The molecule has 2 heteroatoms. The molecule has 1 aliphatic rings. The molecule has 1 saturated heterocycles. The van der Waals surface area contributed by atoms with Crippen LogP contribution >= 0.6 is 0 Å². The van der Waals surface area contributed by atoms with Crippen molar-refractivity contribution in [3.8, 4) is 0 Å². The molecule has 0 amide bonds. The van der Waals surface area contributed by atoms with Gasteiger partial charge in [-0.1, -0.05) is 33.1 Å². The van der Waals surface area contributed by atoms with Gasteiger partial charge in [-0.25, -0.2) is 0 Å². The van der Waals surface area contributed by atoms with Gasteiger partial charge in [0.15, 0.2) is 0 Å². The second-order valence-corrected chi connectivity index (χ2v) is 5.71. The van der Waals surface area contributed by atoms with Crippen molar-refractivity contribution in [3.05, 3.63) is 0 Å². The van der Waals surface area contributed by atoms with E-state index >= 15 is 0 Å². The second kappa shape index (κ2) is 9.87. The van der Waals surface area contributed by atoms with E-state index in [1.165, 1.54) is 88.4 Å². The summed E-state index contributed by atoms with van der Waals surface area (Å²) in [5, 5.41) is 0. The average molecular weight is 245 g/mol. The SMILES string of the molecule is CCCCCC[N+]1(CCCC)CCCCC1.[F-]. The van der Waals surface area contributed by atoms with Crippen LogP contribution in [0.15, 0.2) is 0 Å². The van der Waals surface area contributed by atoms with Gasteiger partial charge in [-0.2, -0.15) is 0 Å². The van der Waals surface area contributed by atoms with E-state index in [0.717, 1.165) is 0 Å². The van der Waals surface area contributed by atoms with Crippen molar-refractivity contribution in [1.29, 1.82) is 0 Å². The van der Waals surface area contributed by atoms with Gasteiger partial charge in [0.05, 0.1) is 26.2 Å². The molecule has 0 spiro atoms. The molecule has 0 atom stereocenters. The Hall–Kier alpha value is -0.110.